The number of pyridine rings is 1. The number of nitrogens with zero attached hydrogens (tertiary/aromatic N) is 5. The van der Waals surface area contributed by atoms with E-state index in [1.807, 2.05) is 0 Å². The third-order valence-electron chi connectivity index (χ3n) is 4.40. The Morgan fingerprint density at radius 2 is 1.19 bits per heavy atom. The standard InChI is InChI=1S/C21H15N7O8/c29-18-6-4-14(27(33)34)8-12(18)10-22-25-20(31)16-2-1-3-17(24-16)21(32)26-23-11-13-9-15(28(35)36)5-7-19(13)30/h1-11,29-30H,(H,25,31)(H,26,32)/b22-10+,23-11+. The summed E-state index contributed by atoms with van der Waals surface area (Å²) in [4.78, 5) is 48.8. The number of non-ortho nitro benzene ring substituents is 2. The third kappa shape index (κ3) is 6.19. The predicted octanol–water partition coefficient (Wildman–Crippen LogP) is 1.84. The summed E-state index contributed by atoms with van der Waals surface area (Å²) in [5, 5.41) is 48.4. The van der Waals surface area contributed by atoms with Gasteiger partial charge in [-0.15, -0.1) is 0 Å². The molecule has 182 valence electrons. The number of benzene rings is 2. The van der Waals surface area contributed by atoms with Gasteiger partial charge in [0, 0.05) is 35.4 Å². The van der Waals surface area contributed by atoms with Crippen LogP contribution < -0.4 is 10.9 Å². The highest BCUT2D eigenvalue weighted by atomic mass is 16.6. The molecule has 36 heavy (non-hydrogen) atoms. The maximum Gasteiger partial charge on any atom is 0.289 e. The number of phenols is 2. The van der Waals surface area contributed by atoms with Crippen molar-refractivity contribution in [3.63, 3.8) is 0 Å². The van der Waals surface area contributed by atoms with E-state index in [0.29, 0.717) is 0 Å². The fourth-order valence-corrected chi connectivity index (χ4v) is 2.64. The normalized spacial score (nSPS) is 10.9. The van der Waals surface area contributed by atoms with Crippen LogP contribution in [0.1, 0.15) is 32.1 Å². The molecule has 0 aliphatic heterocycles. The Morgan fingerprint density at radius 3 is 1.58 bits per heavy atom. The zero-order valence-electron chi connectivity index (χ0n) is 17.9. The Bertz CT molecular complexity index is 1320. The highest BCUT2D eigenvalue weighted by Gasteiger charge is 2.13. The number of amides is 2. The second-order valence-electron chi connectivity index (χ2n) is 6.81. The number of carbonyl (C=O) groups excluding carboxylic acids is 2. The second-order valence-corrected chi connectivity index (χ2v) is 6.81. The summed E-state index contributed by atoms with van der Waals surface area (Å²) in [5.74, 6) is -2.24. The van der Waals surface area contributed by atoms with E-state index in [1.54, 1.807) is 0 Å². The maximum absolute atomic E-state index is 12.3. The van der Waals surface area contributed by atoms with Crippen LogP contribution in [-0.4, -0.2) is 49.3 Å². The second kappa shape index (κ2) is 10.9. The summed E-state index contributed by atoms with van der Waals surface area (Å²) in [5.41, 5.74) is 3.22. The van der Waals surface area contributed by atoms with Gasteiger partial charge in [-0.2, -0.15) is 10.2 Å². The molecule has 0 atom stereocenters. The first kappa shape index (κ1) is 24.9. The average Bonchev–Trinajstić information content (AvgIpc) is 2.85. The van der Waals surface area contributed by atoms with Crippen LogP contribution in [0.2, 0.25) is 0 Å². The van der Waals surface area contributed by atoms with Gasteiger partial charge in [-0.1, -0.05) is 6.07 Å². The van der Waals surface area contributed by atoms with E-state index in [1.165, 1.54) is 18.2 Å². The smallest absolute Gasteiger partial charge is 0.289 e. The van der Waals surface area contributed by atoms with Crippen molar-refractivity contribution < 1.29 is 29.6 Å². The molecule has 0 fully saturated rings. The molecule has 0 saturated carbocycles. The molecule has 0 saturated heterocycles. The lowest BCUT2D eigenvalue weighted by atomic mass is 10.2. The maximum atomic E-state index is 12.3. The first-order chi connectivity index (χ1) is 17.2. The summed E-state index contributed by atoms with van der Waals surface area (Å²) < 4.78 is 0. The number of nitro benzene ring substituents is 2. The minimum Gasteiger partial charge on any atom is -0.507 e. The molecule has 2 aromatic carbocycles. The molecule has 0 radical (unpaired) electrons. The minimum absolute atomic E-state index is 0.0155. The number of hydrazone groups is 2. The molecular weight excluding hydrogens is 478 g/mol. The highest BCUT2D eigenvalue weighted by Crippen LogP contribution is 2.22. The monoisotopic (exact) mass is 493 g/mol. The van der Waals surface area contributed by atoms with Crippen molar-refractivity contribution in [3.05, 3.63) is 97.3 Å². The molecule has 0 aliphatic rings. The molecule has 3 rings (SSSR count). The van der Waals surface area contributed by atoms with Gasteiger partial charge in [0.2, 0.25) is 0 Å². The average molecular weight is 493 g/mol. The van der Waals surface area contributed by atoms with Crippen LogP contribution >= 0.6 is 0 Å². The molecule has 1 aromatic heterocycles. The van der Waals surface area contributed by atoms with E-state index in [-0.39, 0.29) is 45.4 Å². The Hall–Kier alpha value is -5.73. The van der Waals surface area contributed by atoms with Gasteiger partial charge < -0.3 is 10.2 Å². The van der Waals surface area contributed by atoms with Gasteiger partial charge >= 0.3 is 0 Å². The number of aromatic nitrogens is 1. The van der Waals surface area contributed by atoms with Crippen molar-refractivity contribution in [2.24, 2.45) is 10.2 Å². The van der Waals surface area contributed by atoms with Crippen LogP contribution in [0, 0.1) is 20.2 Å². The van der Waals surface area contributed by atoms with Crippen LogP contribution in [0.4, 0.5) is 11.4 Å². The fourth-order valence-electron chi connectivity index (χ4n) is 2.64. The third-order valence-corrected chi connectivity index (χ3v) is 4.40. The van der Waals surface area contributed by atoms with Crippen molar-refractivity contribution in [2.75, 3.05) is 0 Å². The van der Waals surface area contributed by atoms with Gasteiger partial charge in [-0.3, -0.25) is 29.8 Å². The number of aromatic hydroxyl groups is 2. The number of carbonyl (C=O) groups is 2. The van der Waals surface area contributed by atoms with E-state index >= 15 is 0 Å². The number of nitro groups is 2. The number of nitrogens with one attached hydrogen (secondary N) is 2. The Balaban J connectivity index is 1.65. The quantitative estimate of drug-likeness (QED) is 0.204. The number of rotatable bonds is 8. The molecule has 0 bridgehead atoms. The molecule has 1 heterocycles. The summed E-state index contributed by atoms with van der Waals surface area (Å²) in [6.45, 7) is 0. The van der Waals surface area contributed by atoms with Crippen molar-refractivity contribution in [1.82, 2.24) is 15.8 Å². The molecule has 0 unspecified atom stereocenters. The van der Waals surface area contributed by atoms with Crippen molar-refractivity contribution in [1.29, 1.82) is 0 Å². The lowest BCUT2D eigenvalue weighted by molar-refractivity contribution is -0.385. The fraction of sp³-hybridized carbons (Fsp3) is 0. The molecule has 15 heteroatoms. The van der Waals surface area contributed by atoms with Gasteiger partial charge in [0.1, 0.15) is 22.9 Å². The van der Waals surface area contributed by atoms with Crippen LogP contribution in [0.3, 0.4) is 0 Å². The summed E-state index contributed by atoms with van der Waals surface area (Å²) in [6.07, 6.45) is 1.99. The van der Waals surface area contributed by atoms with E-state index in [9.17, 15) is 40.0 Å². The van der Waals surface area contributed by atoms with Crippen LogP contribution in [0.5, 0.6) is 11.5 Å². The SMILES string of the molecule is O=C(N/N=C/c1cc([N+](=O)[O-])ccc1O)c1cccc(C(=O)N/N=C/c2cc([N+](=O)[O-])ccc2O)n1. The first-order valence-corrected chi connectivity index (χ1v) is 9.74. The largest absolute Gasteiger partial charge is 0.507 e. The Kier molecular flexibility index (Phi) is 7.56. The van der Waals surface area contributed by atoms with Crippen molar-refractivity contribution >= 4 is 35.6 Å². The van der Waals surface area contributed by atoms with E-state index in [0.717, 1.165) is 48.8 Å². The molecule has 2 amide bonds. The van der Waals surface area contributed by atoms with Crippen molar-refractivity contribution in [2.45, 2.75) is 0 Å². The molecule has 0 spiro atoms. The van der Waals surface area contributed by atoms with Crippen molar-refractivity contribution in [3.8, 4) is 11.5 Å². The molecule has 3 aromatic rings. The zero-order valence-corrected chi connectivity index (χ0v) is 17.9. The highest BCUT2D eigenvalue weighted by molar-refractivity contribution is 5.97. The molecule has 0 aliphatic carbocycles. The lowest BCUT2D eigenvalue weighted by Crippen LogP contribution is -2.23. The number of hydrogen-bond acceptors (Lipinski definition) is 11. The predicted molar refractivity (Wildman–Crippen MR) is 124 cm³/mol. The summed E-state index contributed by atoms with van der Waals surface area (Å²) in [6, 6.07) is 10.5. The van der Waals surface area contributed by atoms with Gasteiger partial charge in [-0.25, -0.2) is 15.8 Å². The number of phenolic OH excluding ortho intramolecular Hbond substituents is 2. The molecule has 4 N–H and O–H groups in total. The van der Waals surface area contributed by atoms with Crippen LogP contribution in [0.25, 0.3) is 0 Å². The lowest BCUT2D eigenvalue weighted by Gasteiger charge is -2.03. The van der Waals surface area contributed by atoms with E-state index in [2.05, 4.69) is 26.0 Å². The van der Waals surface area contributed by atoms with E-state index < -0.39 is 21.7 Å². The van der Waals surface area contributed by atoms with Crippen LogP contribution in [0.15, 0.2) is 64.8 Å². The van der Waals surface area contributed by atoms with Gasteiger partial charge in [-0.05, 0) is 24.3 Å². The Labute approximate surface area is 200 Å². The van der Waals surface area contributed by atoms with Gasteiger partial charge in [0.05, 0.1) is 22.3 Å². The molecule has 15 nitrogen and oxygen atoms in total. The van der Waals surface area contributed by atoms with Gasteiger partial charge in [0.15, 0.2) is 0 Å². The van der Waals surface area contributed by atoms with E-state index in [4.69, 9.17) is 0 Å². The topological polar surface area (TPSA) is 223 Å². The summed E-state index contributed by atoms with van der Waals surface area (Å²) in [7, 11) is 0. The molecular formula is C21H15N7O8. The number of hydrogen-bond donors (Lipinski definition) is 4. The minimum atomic E-state index is -0.823. The Morgan fingerprint density at radius 1 is 0.778 bits per heavy atom. The first-order valence-electron chi connectivity index (χ1n) is 9.74. The van der Waals surface area contributed by atoms with Crippen LogP contribution in [-0.2, 0) is 0 Å². The summed E-state index contributed by atoms with van der Waals surface area (Å²) >= 11 is 0. The zero-order chi connectivity index (χ0) is 26.2. The van der Waals surface area contributed by atoms with Gasteiger partial charge in [0.25, 0.3) is 23.2 Å².